The van der Waals surface area contributed by atoms with Crippen molar-refractivity contribution in [1.82, 2.24) is 9.80 Å². The highest BCUT2D eigenvalue weighted by atomic mass is 35.5. The van der Waals surface area contributed by atoms with E-state index in [-0.39, 0.29) is 47.6 Å². The summed E-state index contributed by atoms with van der Waals surface area (Å²) >= 11 is 25.0. The minimum absolute atomic E-state index is 0.0578. The van der Waals surface area contributed by atoms with Crippen LogP contribution in [-0.4, -0.2) is 33.7 Å². The predicted octanol–water partition coefficient (Wildman–Crippen LogP) is 13.7. The van der Waals surface area contributed by atoms with Crippen LogP contribution in [0.4, 0.5) is 0 Å². The lowest BCUT2D eigenvalue weighted by Crippen LogP contribution is -2.60. The Kier molecular flexibility index (Phi) is 14.3. The molecule has 0 saturated carbocycles. The van der Waals surface area contributed by atoms with Gasteiger partial charge in [0.15, 0.2) is 0 Å². The third-order valence-corrected chi connectivity index (χ3v) is 12.8. The van der Waals surface area contributed by atoms with Gasteiger partial charge in [-0.15, -0.1) is 13.2 Å². The van der Waals surface area contributed by atoms with Crippen molar-refractivity contribution in [3.05, 3.63) is 165 Å². The van der Waals surface area contributed by atoms with E-state index >= 15 is 0 Å². The van der Waals surface area contributed by atoms with Crippen LogP contribution in [0.25, 0.3) is 0 Å². The number of likely N-dealkylation sites (tertiary alicyclic amines) is 2. The van der Waals surface area contributed by atoms with Crippen LogP contribution in [0.2, 0.25) is 20.1 Å². The van der Waals surface area contributed by atoms with Crippen molar-refractivity contribution in [3.63, 3.8) is 0 Å². The van der Waals surface area contributed by atoms with Crippen LogP contribution in [0.5, 0.6) is 0 Å². The summed E-state index contributed by atoms with van der Waals surface area (Å²) in [5.74, 6) is 0.430. The zero-order valence-electron chi connectivity index (χ0n) is 33.3. The van der Waals surface area contributed by atoms with Crippen LogP contribution >= 0.6 is 46.4 Å². The number of benzene rings is 4. The number of nitrogens with zero attached hydrogens (tertiary/aromatic N) is 2. The van der Waals surface area contributed by atoms with Gasteiger partial charge in [-0.25, -0.2) is 0 Å². The molecule has 2 aliphatic heterocycles. The van der Waals surface area contributed by atoms with Gasteiger partial charge in [-0.1, -0.05) is 107 Å². The van der Waals surface area contributed by atoms with E-state index in [1.807, 2.05) is 97.1 Å². The highest BCUT2D eigenvalue weighted by Gasteiger charge is 2.53. The SMILES string of the molecule is C=CC[C@@H]1C[C@H](c2cccc(Cl)c2)[C@@](C)(c2ccc(Cl)cc2)N(C(C)C)C1=O.C=CC[C@H]1C[C@H](c2cccc(Cl)c2)[C@@](C)(c2ccc(Cl)cc2)N(C(C)C)C1=O. The largest absolute Gasteiger partial charge is 0.330 e. The summed E-state index contributed by atoms with van der Waals surface area (Å²) in [6, 6.07) is 31.9. The Labute approximate surface area is 354 Å². The van der Waals surface area contributed by atoms with Crippen LogP contribution in [0.3, 0.4) is 0 Å². The predicted molar refractivity (Wildman–Crippen MR) is 236 cm³/mol. The first-order valence-electron chi connectivity index (χ1n) is 19.5. The first-order valence-corrected chi connectivity index (χ1v) is 21.0. The summed E-state index contributed by atoms with van der Waals surface area (Å²) in [5, 5.41) is 2.80. The number of allylic oxidation sites excluding steroid dienone is 2. The fourth-order valence-corrected chi connectivity index (χ4v) is 10.1. The van der Waals surface area contributed by atoms with E-state index < -0.39 is 11.1 Å². The molecule has 8 heteroatoms. The summed E-state index contributed by atoms with van der Waals surface area (Å²) < 4.78 is 0. The average molecular weight is 833 g/mol. The number of hydrogen-bond donors (Lipinski definition) is 0. The van der Waals surface area contributed by atoms with Crippen LogP contribution in [0, 0.1) is 11.8 Å². The molecule has 2 saturated heterocycles. The molecule has 2 aliphatic rings. The standard InChI is InChI=1S/2C24H27Cl2NO/c2*1-5-7-18-15-22(17-8-6-9-21(26)14-17)24(4,27(16(2)3)23(18)28)19-10-12-20(25)13-11-19/h2*5-6,8-14,16,18,22H,1,7,15H2,2-4H3/t18-,22+,24+;18-,22-,24-/m01/s1. The molecular weight excluding hydrogens is 778 g/mol. The Hall–Kier alpha value is -3.54. The van der Waals surface area contributed by atoms with Crippen molar-refractivity contribution in [2.24, 2.45) is 11.8 Å². The van der Waals surface area contributed by atoms with E-state index in [0.29, 0.717) is 32.9 Å². The van der Waals surface area contributed by atoms with Gasteiger partial charge in [0.25, 0.3) is 0 Å². The normalized spacial score (nSPS) is 25.2. The fourth-order valence-electron chi connectivity index (χ4n) is 9.42. The average Bonchev–Trinajstić information content (AvgIpc) is 3.14. The van der Waals surface area contributed by atoms with Gasteiger partial charge in [0, 0.05) is 55.8 Å². The van der Waals surface area contributed by atoms with E-state index in [4.69, 9.17) is 46.4 Å². The van der Waals surface area contributed by atoms with Crippen molar-refractivity contribution >= 4 is 58.2 Å². The van der Waals surface area contributed by atoms with Gasteiger partial charge in [-0.2, -0.15) is 0 Å². The molecule has 6 atom stereocenters. The third-order valence-electron chi connectivity index (χ3n) is 11.9. The second kappa shape index (κ2) is 18.4. The zero-order valence-corrected chi connectivity index (χ0v) is 36.3. The first-order chi connectivity index (χ1) is 26.6. The second-order valence-corrected chi connectivity index (χ2v) is 17.8. The molecule has 56 heavy (non-hydrogen) atoms. The summed E-state index contributed by atoms with van der Waals surface area (Å²) in [7, 11) is 0. The first kappa shape index (κ1) is 43.6. The molecular formula is C48H54Cl4N2O2. The number of carbonyl (C=O) groups excluding carboxylic acids is 2. The lowest BCUT2D eigenvalue weighted by Gasteiger charge is -2.54. The van der Waals surface area contributed by atoms with Gasteiger partial charge in [0.1, 0.15) is 0 Å². The van der Waals surface area contributed by atoms with Crippen LogP contribution < -0.4 is 0 Å². The highest BCUT2D eigenvalue weighted by molar-refractivity contribution is 6.31. The Morgan fingerprint density at radius 1 is 0.589 bits per heavy atom. The molecule has 4 aromatic carbocycles. The van der Waals surface area contributed by atoms with Gasteiger partial charge in [0.2, 0.25) is 11.8 Å². The lowest BCUT2D eigenvalue weighted by atomic mass is 9.66. The Balaban J connectivity index is 0.000000214. The molecule has 2 heterocycles. The van der Waals surface area contributed by atoms with E-state index in [2.05, 4.69) is 76.6 Å². The smallest absolute Gasteiger partial charge is 0.226 e. The second-order valence-electron chi connectivity index (χ2n) is 16.0. The topological polar surface area (TPSA) is 40.6 Å². The van der Waals surface area contributed by atoms with Crippen molar-refractivity contribution < 1.29 is 9.59 Å². The molecule has 0 spiro atoms. The van der Waals surface area contributed by atoms with Gasteiger partial charge in [-0.3, -0.25) is 9.59 Å². The molecule has 0 N–H and O–H groups in total. The van der Waals surface area contributed by atoms with E-state index in [1.165, 1.54) is 0 Å². The molecule has 2 fully saturated rings. The summed E-state index contributed by atoms with van der Waals surface area (Å²) in [6.45, 7) is 20.4. The molecule has 0 aromatic heterocycles. The van der Waals surface area contributed by atoms with Crippen molar-refractivity contribution in [3.8, 4) is 0 Å². The number of halogens is 4. The molecule has 6 rings (SSSR count). The van der Waals surface area contributed by atoms with Gasteiger partial charge >= 0.3 is 0 Å². The molecule has 0 unspecified atom stereocenters. The van der Waals surface area contributed by atoms with Crippen molar-refractivity contribution in [1.29, 1.82) is 0 Å². The van der Waals surface area contributed by atoms with E-state index in [9.17, 15) is 9.59 Å². The van der Waals surface area contributed by atoms with Crippen LogP contribution in [0.15, 0.2) is 122 Å². The zero-order chi connectivity index (χ0) is 40.9. The maximum absolute atomic E-state index is 13.5. The Morgan fingerprint density at radius 3 is 1.21 bits per heavy atom. The maximum atomic E-state index is 13.5. The third kappa shape index (κ3) is 8.80. The number of rotatable bonds is 10. The number of amides is 2. The number of hydrogen-bond acceptors (Lipinski definition) is 2. The molecule has 4 aromatic rings. The molecule has 296 valence electrons. The van der Waals surface area contributed by atoms with Gasteiger partial charge in [-0.05, 0) is 138 Å². The molecule has 0 radical (unpaired) electrons. The molecule has 0 aliphatic carbocycles. The van der Waals surface area contributed by atoms with Crippen molar-refractivity contribution in [2.75, 3.05) is 0 Å². The number of piperidine rings is 2. The quantitative estimate of drug-likeness (QED) is 0.149. The van der Waals surface area contributed by atoms with Crippen LogP contribution in [0.1, 0.15) is 101 Å². The monoisotopic (exact) mass is 830 g/mol. The Morgan fingerprint density at radius 2 is 0.929 bits per heavy atom. The van der Waals surface area contributed by atoms with E-state index in [1.54, 1.807) is 0 Å². The number of carbonyl (C=O) groups is 2. The highest BCUT2D eigenvalue weighted by Crippen LogP contribution is 2.53. The van der Waals surface area contributed by atoms with Gasteiger partial charge < -0.3 is 9.80 Å². The summed E-state index contributed by atoms with van der Waals surface area (Å²) in [4.78, 5) is 31.1. The lowest BCUT2D eigenvalue weighted by molar-refractivity contribution is -0.153. The van der Waals surface area contributed by atoms with Crippen LogP contribution in [-0.2, 0) is 20.7 Å². The van der Waals surface area contributed by atoms with Crippen molar-refractivity contribution in [2.45, 2.75) is 102 Å². The molecule has 2 amide bonds. The van der Waals surface area contributed by atoms with Gasteiger partial charge in [0.05, 0.1) is 11.1 Å². The minimum atomic E-state index is -0.502. The molecule has 4 nitrogen and oxygen atoms in total. The minimum Gasteiger partial charge on any atom is -0.330 e. The fraction of sp³-hybridized carbons (Fsp3) is 0.375. The summed E-state index contributed by atoms with van der Waals surface area (Å²) in [5.41, 5.74) is 3.47. The maximum Gasteiger partial charge on any atom is 0.226 e. The summed E-state index contributed by atoms with van der Waals surface area (Å²) in [6.07, 6.45) is 6.56. The van der Waals surface area contributed by atoms with E-state index in [0.717, 1.165) is 35.1 Å². The Bertz CT molecular complexity index is 1870. The molecule has 0 bridgehead atoms.